The van der Waals surface area contributed by atoms with E-state index in [2.05, 4.69) is 78.9 Å². The molecule has 0 atom stereocenters. The highest BCUT2D eigenvalue weighted by Crippen LogP contribution is 2.32. The fourth-order valence-electron chi connectivity index (χ4n) is 3.82. The van der Waals surface area contributed by atoms with Gasteiger partial charge in [0.1, 0.15) is 5.65 Å². The topological polar surface area (TPSA) is 34.6 Å². The lowest BCUT2D eigenvalue weighted by Gasteiger charge is -2.26. The minimum absolute atomic E-state index is 0.0558. The van der Waals surface area contributed by atoms with E-state index in [-0.39, 0.29) is 10.8 Å². The number of imidazole rings is 2. The fourth-order valence-corrected chi connectivity index (χ4v) is 3.82. The molecule has 0 N–H and O–H groups in total. The van der Waals surface area contributed by atoms with Gasteiger partial charge in [-0.05, 0) is 36.2 Å². The highest BCUT2D eigenvalue weighted by molar-refractivity contribution is 5.55. The zero-order chi connectivity index (χ0) is 18.5. The lowest BCUT2D eigenvalue weighted by molar-refractivity contribution is 0.508. The van der Waals surface area contributed by atoms with Gasteiger partial charge in [0.25, 0.3) is 0 Å². The Balaban J connectivity index is 1.79. The van der Waals surface area contributed by atoms with Gasteiger partial charge in [0.05, 0.1) is 17.5 Å². The van der Waals surface area contributed by atoms with Crippen molar-refractivity contribution >= 4 is 11.2 Å². The average molecular weight is 346 g/mol. The average Bonchev–Trinajstić information content (AvgIpc) is 3.19. The molecule has 0 aliphatic heterocycles. The van der Waals surface area contributed by atoms with E-state index in [0.29, 0.717) is 0 Å². The molecule has 0 aromatic carbocycles. The number of hydrogen-bond donors (Lipinski definition) is 0. The Kier molecular flexibility index (Phi) is 3.69. The Labute approximate surface area is 154 Å². The first-order chi connectivity index (χ1) is 12.3. The molecule has 4 rings (SSSR count). The zero-order valence-electron chi connectivity index (χ0n) is 16.2. The van der Waals surface area contributed by atoms with E-state index in [1.807, 2.05) is 24.8 Å². The summed E-state index contributed by atoms with van der Waals surface area (Å²) >= 11 is 0. The lowest BCUT2D eigenvalue weighted by Crippen LogP contribution is -2.23. The van der Waals surface area contributed by atoms with Gasteiger partial charge in [-0.2, -0.15) is 0 Å². The second-order valence-corrected chi connectivity index (χ2v) is 8.80. The van der Waals surface area contributed by atoms with Crippen LogP contribution in [0.15, 0.2) is 55.2 Å². The van der Waals surface area contributed by atoms with Crippen LogP contribution in [0.2, 0.25) is 0 Å². The Morgan fingerprint density at radius 3 is 2.54 bits per heavy atom. The lowest BCUT2D eigenvalue weighted by atomic mass is 9.81. The number of fused-ring (bicyclic) bond motifs is 2. The van der Waals surface area contributed by atoms with Gasteiger partial charge in [0.2, 0.25) is 0 Å². The van der Waals surface area contributed by atoms with Gasteiger partial charge in [-0.1, -0.05) is 40.7 Å². The van der Waals surface area contributed by atoms with Crippen LogP contribution in [0.5, 0.6) is 0 Å². The highest BCUT2D eigenvalue weighted by atomic mass is 15.0. The van der Waals surface area contributed by atoms with Crippen LogP contribution in [-0.2, 0) is 17.3 Å². The molecule has 4 heterocycles. The second kappa shape index (κ2) is 5.70. The molecule has 0 radical (unpaired) electrons. The first-order valence-corrected chi connectivity index (χ1v) is 9.14. The molecule has 4 nitrogen and oxygen atoms in total. The first kappa shape index (κ1) is 16.8. The summed E-state index contributed by atoms with van der Waals surface area (Å²) in [5.41, 5.74) is 5.90. The van der Waals surface area contributed by atoms with E-state index in [0.717, 1.165) is 17.8 Å². The summed E-state index contributed by atoms with van der Waals surface area (Å²) in [6.45, 7) is 11.3. The normalized spacial score (nSPS) is 13.0. The van der Waals surface area contributed by atoms with Crippen molar-refractivity contribution in [2.24, 2.45) is 0 Å². The van der Waals surface area contributed by atoms with Gasteiger partial charge in [0, 0.05) is 35.1 Å². The molecule has 4 aromatic rings. The third-order valence-electron chi connectivity index (χ3n) is 5.06. The molecule has 0 saturated carbocycles. The summed E-state index contributed by atoms with van der Waals surface area (Å²) < 4.78 is 4.29. The molecule has 0 unspecified atom stereocenters. The van der Waals surface area contributed by atoms with Crippen LogP contribution < -0.4 is 0 Å². The van der Waals surface area contributed by atoms with E-state index >= 15 is 0 Å². The predicted molar refractivity (Wildman–Crippen MR) is 106 cm³/mol. The van der Waals surface area contributed by atoms with Crippen LogP contribution in [0.1, 0.15) is 51.6 Å². The molecule has 0 amide bonds. The minimum atomic E-state index is -0.0732. The van der Waals surface area contributed by atoms with Crippen molar-refractivity contribution in [2.75, 3.05) is 0 Å². The second-order valence-electron chi connectivity index (χ2n) is 8.80. The van der Waals surface area contributed by atoms with E-state index in [1.165, 1.54) is 16.8 Å². The van der Waals surface area contributed by atoms with Crippen molar-refractivity contribution in [3.05, 3.63) is 72.2 Å². The zero-order valence-corrected chi connectivity index (χ0v) is 16.2. The van der Waals surface area contributed by atoms with Gasteiger partial charge in [0.15, 0.2) is 0 Å². The third-order valence-corrected chi connectivity index (χ3v) is 5.06. The molecule has 0 fully saturated rings. The first-order valence-electron chi connectivity index (χ1n) is 9.14. The standard InChI is InChI=1S/C22H26N4/c1-21(2,3)18-12-16(13-19-23-9-11-26(18)19)14-22(4,5)20-17-8-6-7-10-25(17)15-24-20/h6-13,15H,14H2,1-5H3. The van der Waals surface area contributed by atoms with Gasteiger partial charge >= 0.3 is 0 Å². The number of rotatable bonds is 3. The smallest absolute Gasteiger partial charge is 0.137 e. The van der Waals surface area contributed by atoms with E-state index in [9.17, 15) is 0 Å². The molecule has 4 heteroatoms. The van der Waals surface area contributed by atoms with Crippen molar-refractivity contribution in [3.63, 3.8) is 0 Å². The monoisotopic (exact) mass is 346 g/mol. The Morgan fingerprint density at radius 1 is 0.962 bits per heavy atom. The largest absolute Gasteiger partial charge is 0.306 e. The van der Waals surface area contributed by atoms with E-state index in [4.69, 9.17) is 4.98 Å². The molecule has 0 aliphatic carbocycles. The number of pyridine rings is 2. The predicted octanol–water partition coefficient (Wildman–Crippen LogP) is 4.80. The SMILES string of the molecule is CC(C)(C)c1cc(CC(C)(C)c2ncn3ccccc23)cc2nccn12. The number of aromatic nitrogens is 4. The van der Waals surface area contributed by atoms with Crippen molar-refractivity contribution in [1.82, 2.24) is 18.8 Å². The number of hydrogen-bond acceptors (Lipinski definition) is 2. The van der Waals surface area contributed by atoms with Gasteiger partial charge in [-0.25, -0.2) is 9.97 Å². The van der Waals surface area contributed by atoms with Crippen molar-refractivity contribution in [2.45, 2.75) is 51.9 Å². The molecule has 0 spiro atoms. The molecule has 0 aliphatic rings. The summed E-state index contributed by atoms with van der Waals surface area (Å²) in [5.74, 6) is 0. The molecule has 134 valence electrons. The van der Waals surface area contributed by atoms with Crippen LogP contribution in [0.25, 0.3) is 11.2 Å². The van der Waals surface area contributed by atoms with Crippen LogP contribution in [0, 0.1) is 0 Å². The van der Waals surface area contributed by atoms with E-state index in [1.54, 1.807) is 0 Å². The maximum absolute atomic E-state index is 4.73. The van der Waals surface area contributed by atoms with Gasteiger partial charge in [-0.3, -0.25) is 0 Å². The van der Waals surface area contributed by atoms with Crippen LogP contribution in [-0.4, -0.2) is 18.8 Å². The van der Waals surface area contributed by atoms with Crippen molar-refractivity contribution < 1.29 is 0 Å². The minimum Gasteiger partial charge on any atom is -0.306 e. The van der Waals surface area contributed by atoms with Crippen LogP contribution in [0.4, 0.5) is 0 Å². The Bertz CT molecular complexity index is 1080. The third kappa shape index (κ3) is 2.79. The molecular weight excluding hydrogens is 320 g/mol. The quantitative estimate of drug-likeness (QED) is 0.534. The summed E-state index contributed by atoms with van der Waals surface area (Å²) in [5, 5.41) is 0. The summed E-state index contributed by atoms with van der Waals surface area (Å²) in [6, 6.07) is 10.8. The maximum atomic E-state index is 4.73. The van der Waals surface area contributed by atoms with Crippen LogP contribution >= 0.6 is 0 Å². The summed E-state index contributed by atoms with van der Waals surface area (Å²) in [6.07, 6.45) is 8.80. The number of nitrogens with zero attached hydrogens (tertiary/aromatic N) is 4. The summed E-state index contributed by atoms with van der Waals surface area (Å²) in [7, 11) is 0. The molecule has 0 bridgehead atoms. The highest BCUT2D eigenvalue weighted by Gasteiger charge is 2.27. The fraction of sp³-hybridized carbons (Fsp3) is 0.364. The Morgan fingerprint density at radius 2 is 1.77 bits per heavy atom. The van der Waals surface area contributed by atoms with Crippen LogP contribution in [0.3, 0.4) is 0 Å². The molecule has 4 aromatic heterocycles. The molecular formula is C22H26N4. The van der Waals surface area contributed by atoms with Gasteiger partial charge in [-0.15, -0.1) is 0 Å². The molecule has 0 saturated heterocycles. The molecule has 26 heavy (non-hydrogen) atoms. The van der Waals surface area contributed by atoms with E-state index < -0.39 is 0 Å². The van der Waals surface area contributed by atoms with Crippen molar-refractivity contribution in [3.8, 4) is 0 Å². The van der Waals surface area contributed by atoms with Crippen molar-refractivity contribution in [1.29, 1.82) is 0 Å². The maximum Gasteiger partial charge on any atom is 0.137 e. The summed E-state index contributed by atoms with van der Waals surface area (Å²) in [4.78, 5) is 9.27. The van der Waals surface area contributed by atoms with Gasteiger partial charge < -0.3 is 8.80 Å². The Hall–Kier alpha value is -2.62.